The van der Waals surface area contributed by atoms with E-state index in [-0.39, 0.29) is 24.0 Å². The van der Waals surface area contributed by atoms with Crippen molar-refractivity contribution in [3.63, 3.8) is 0 Å². The molecule has 2 aliphatic rings. The smallest absolute Gasteiger partial charge is 0.191 e. The van der Waals surface area contributed by atoms with Crippen LogP contribution in [0.1, 0.15) is 39.5 Å². The Hall–Kier alpha value is -0.580. The van der Waals surface area contributed by atoms with Crippen molar-refractivity contribution in [1.29, 1.82) is 0 Å². The van der Waals surface area contributed by atoms with Crippen LogP contribution in [-0.2, 0) is 0 Å². The number of hydrogen-bond acceptors (Lipinski definition) is 5. The van der Waals surface area contributed by atoms with Gasteiger partial charge in [-0.2, -0.15) is 0 Å². The Morgan fingerprint density at radius 1 is 1.07 bits per heavy atom. The van der Waals surface area contributed by atoms with E-state index < -0.39 is 0 Å². The van der Waals surface area contributed by atoms with E-state index in [2.05, 4.69) is 56.7 Å². The number of rotatable bonds is 9. The molecule has 2 N–H and O–H groups in total. The van der Waals surface area contributed by atoms with Gasteiger partial charge in [-0.1, -0.05) is 6.92 Å². The van der Waals surface area contributed by atoms with Gasteiger partial charge in [0.15, 0.2) is 5.96 Å². The van der Waals surface area contributed by atoms with Gasteiger partial charge in [0.1, 0.15) is 0 Å². The van der Waals surface area contributed by atoms with Gasteiger partial charge in [-0.25, -0.2) is 0 Å². The van der Waals surface area contributed by atoms with Crippen LogP contribution in [0.15, 0.2) is 22.5 Å². The van der Waals surface area contributed by atoms with Gasteiger partial charge in [0, 0.05) is 58.4 Å². The maximum absolute atomic E-state index is 4.84. The van der Waals surface area contributed by atoms with Gasteiger partial charge in [0.25, 0.3) is 0 Å². The van der Waals surface area contributed by atoms with Crippen LogP contribution in [0.2, 0.25) is 0 Å². The summed E-state index contributed by atoms with van der Waals surface area (Å²) in [6.07, 6.45) is 4.76. The van der Waals surface area contributed by atoms with E-state index in [1.54, 1.807) is 0 Å². The minimum absolute atomic E-state index is 0. The molecule has 6 nitrogen and oxygen atoms in total. The van der Waals surface area contributed by atoms with Crippen LogP contribution in [0.4, 0.5) is 5.00 Å². The van der Waals surface area contributed by atoms with Crippen LogP contribution < -0.4 is 15.5 Å². The molecule has 0 saturated carbocycles. The molecule has 2 fully saturated rings. The summed E-state index contributed by atoms with van der Waals surface area (Å²) in [5, 5.41) is 10.7. The fourth-order valence-corrected chi connectivity index (χ4v) is 4.96. The maximum Gasteiger partial charge on any atom is 0.191 e. The highest BCUT2D eigenvalue weighted by atomic mass is 127. The molecule has 0 aromatic carbocycles. The predicted octanol–water partition coefficient (Wildman–Crippen LogP) is 3.31. The maximum atomic E-state index is 4.84. The second kappa shape index (κ2) is 14.5. The van der Waals surface area contributed by atoms with Gasteiger partial charge in [0.2, 0.25) is 0 Å². The van der Waals surface area contributed by atoms with Crippen molar-refractivity contribution in [2.75, 3.05) is 70.3 Å². The lowest BCUT2D eigenvalue weighted by Crippen LogP contribution is -2.48. The van der Waals surface area contributed by atoms with Crippen molar-refractivity contribution >= 4 is 46.3 Å². The first-order chi connectivity index (χ1) is 14.3. The number of nitrogens with one attached hydrogen (secondary N) is 2. The third-order valence-corrected chi connectivity index (χ3v) is 6.99. The first kappa shape index (κ1) is 25.7. The van der Waals surface area contributed by atoms with E-state index in [9.17, 15) is 0 Å². The zero-order valence-corrected chi connectivity index (χ0v) is 22.0. The SMILES string of the molecule is CCNC(=NCCCCN1CCN(CC)CC1)NC1CCN(c2cccs2)CC1.I. The van der Waals surface area contributed by atoms with Crippen molar-refractivity contribution in [1.82, 2.24) is 20.4 Å². The molecule has 3 rings (SSSR count). The van der Waals surface area contributed by atoms with Crippen molar-refractivity contribution in [3.05, 3.63) is 17.5 Å². The summed E-state index contributed by atoms with van der Waals surface area (Å²) < 4.78 is 0. The quantitative estimate of drug-likeness (QED) is 0.215. The standard InChI is InChI=1S/C22H40N6S.HI/c1-3-23-22(24-11-5-6-12-27-17-15-26(4-2)16-18-27)25-20-9-13-28(14-10-20)21-8-7-19-29-21;/h7-8,19-20H,3-6,9-18H2,1-2H3,(H2,23,24,25);1H. The highest BCUT2D eigenvalue weighted by molar-refractivity contribution is 14.0. The fraction of sp³-hybridized carbons (Fsp3) is 0.773. The number of nitrogens with zero attached hydrogens (tertiary/aromatic N) is 4. The van der Waals surface area contributed by atoms with Crippen molar-refractivity contribution in [3.8, 4) is 0 Å². The van der Waals surface area contributed by atoms with Gasteiger partial charge in [0.05, 0.1) is 5.00 Å². The molecule has 2 aliphatic heterocycles. The minimum atomic E-state index is 0. The van der Waals surface area contributed by atoms with E-state index in [1.165, 1.54) is 70.0 Å². The Morgan fingerprint density at radius 3 is 2.43 bits per heavy atom. The molecule has 0 amide bonds. The molecule has 0 aliphatic carbocycles. The molecule has 0 unspecified atom stereocenters. The van der Waals surface area contributed by atoms with E-state index >= 15 is 0 Å². The Bertz CT molecular complexity index is 580. The Labute approximate surface area is 204 Å². The molecule has 2 saturated heterocycles. The van der Waals surface area contributed by atoms with Gasteiger partial charge >= 0.3 is 0 Å². The first-order valence-electron chi connectivity index (χ1n) is 11.6. The number of unbranched alkanes of at least 4 members (excludes halogenated alkanes) is 1. The van der Waals surface area contributed by atoms with E-state index in [4.69, 9.17) is 4.99 Å². The Balaban J connectivity index is 0.00000320. The lowest BCUT2D eigenvalue weighted by atomic mass is 10.1. The number of likely N-dealkylation sites (N-methyl/N-ethyl adjacent to an activating group) is 1. The summed E-state index contributed by atoms with van der Waals surface area (Å²) in [7, 11) is 0. The molecule has 1 aromatic heterocycles. The number of anilines is 1. The number of piperazine rings is 1. The highest BCUT2D eigenvalue weighted by Crippen LogP contribution is 2.24. The van der Waals surface area contributed by atoms with Gasteiger partial charge < -0.3 is 25.3 Å². The summed E-state index contributed by atoms with van der Waals surface area (Å²) >= 11 is 1.84. The largest absolute Gasteiger partial charge is 0.363 e. The average Bonchev–Trinajstić information content (AvgIpc) is 3.29. The Kier molecular flexibility index (Phi) is 12.4. The van der Waals surface area contributed by atoms with Crippen LogP contribution in [0, 0.1) is 0 Å². The summed E-state index contributed by atoms with van der Waals surface area (Å²) in [5.74, 6) is 0.999. The molecule has 8 heteroatoms. The van der Waals surface area contributed by atoms with Crippen molar-refractivity contribution in [2.24, 2.45) is 4.99 Å². The average molecular weight is 549 g/mol. The van der Waals surface area contributed by atoms with E-state index in [0.717, 1.165) is 32.1 Å². The number of halogens is 1. The van der Waals surface area contributed by atoms with Gasteiger partial charge in [-0.05, 0) is 63.2 Å². The number of aliphatic imine (C=N–C) groups is 1. The molecule has 0 bridgehead atoms. The Morgan fingerprint density at radius 2 is 1.80 bits per heavy atom. The number of piperidine rings is 1. The number of guanidine groups is 1. The van der Waals surface area contributed by atoms with Crippen molar-refractivity contribution < 1.29 is 0 Å². The van der Waals surface area contributed by atoms with E-state index in [1.807, 2.05) is 11.3 Å². The molecule has 0 radical (unpaired) electrons. The number of hydrogen-bond donors (Lipinski definition) is 2. The van der Waals surface area contributed by atoms with Crippen molar-refractivity contribution in [2.45, 2.75) is 45.6 Å². The molecule has 0 spiro atoms. The second-order valence-electron chi connectivity index (χ2n) is 8.10. The number of thiophene rings is 1. The topological polar surface area (TPSA) is 46.1 Å². The predicted molar refractivity (Wildman–Crippen MR) is 142 cm³/mol. The van der Waals surface area contributed by atoms with Crippen LogP contribution in [0.3, 0.4) is 0 Å². The van der Waals surface area contributed by atoms with Crippen LogP contribution in [0.25, 0.3) is 0 Å². The summed E-state index contributed by atoms with van der Waals surface area (Å²) in [6.45, 7) is 15.8. The zero-order chi connectivity index (χ0) is 20.3. The summed E-state index contributed by atoms with van der Waals surface area (Å²) in [5.41, 5.74) is 0. The molecular weight excluding hydrogens is 507 g/mol. The molecular formula is C22H41IN6S. The monoisotopic (exact) mass is 548 g/mol. The van der Waals surface area contributed by atoms with Crippen LogP contribution in [0.5, 0.6) is 0 Å². The van der Waals surface area contributed by atoms with Crippen LogP contribution >= 0.6 is 35.3 Å². The highest BCUT2D eigenvalue weighted by Gasteiger charge is 2.20. The summed E-state index contributed by atoms with van der Waals surface area (Å²) in [4.78, 5) is 12.5. The molecule has 3 heterocycles. The fourth-order valence-electron chi connectivity index (χ4n) is 4.17. The lowest BCUT2D eigenvalue weighted by Gasteiger charge is -2.34. The molecule has 172 valence electrons. The summed E-state index contributed by atoms with van der Waals surface area (Å²) in [6, 6.07) is 4.90. The second-order valence-corrected chi connectivity index (χ2v) is 9.03. The molecule has 30 heavy (non-hydrogen) atoms. The van der Waals surface area contributed by atoms with E-state index in [0.29, 0.717) is 6.04 Å². The van der Waals surface area contributed by atoms with Gasteiger partial charge in [-0.3, -0.25) is 4.99 Å². The zero-order valence-electron chi connectivity index (χ0n) is 18.8. The minimum Gasteiger partial charge on any atom is -0.363 e. The van der Waals surface area contributed by atoms with Gasteiger partial charge in [-0.15, -0.1) is 35.3 Å². The third kappa shape index (κ3) is 8.51. The van der Waals surface area contributed by atoms with Crippen LogP contribution in [-0.4, -0.2) is 87.2 Å². The molecule has 0 atom stereocenters. The molecule has 1 aromatic rings. The first-order valence-corrected chi connectivity index (χ1v) is 12.4. The third-order valence-electron chi connectivity index (χ3n) is 6.06. The normalized spacial score (nSPS) is 19.5. The lowest BCUT2D eigenvalue weighted by molar-refractivity contribution is 0.136.